The quantitative estimate of drug-likeness (QED) is 0.0324. The maximum absolute atomic E-state index is 13.1. The fraction of sp³-hybridized carbons (Fsp3) is 0.687. The maximum atomic E-state index is 13.1. The lowest BCUT2D eigenvalue weighted by Crippen LogP contribution is -2.25. The predicted octanol–water partition coefficient (Wildman–Crippen LogP) is 25.3. The number of carbonyl (C=O) groups excluding carboxylic acids is 2. The molecule has 4 aromatic rings. The van der Waals surface area contributed by atoms with E-state index in [0.29, 0.717) is 96.4 Å². The van der Waals surface area contributed by atoms with Crippen LogP contribution in [0.3, 0.4) is 0 Å². The molecule has 5 rings (SSSR count). The van der Waals surface area contributed by atoms with E-state index in [1.807, 2.05) is 12.1 Å². The normalized spacial score (nSPS) is 14.1. The summed E-state index contributed by atoms with van der Waals surface area (Å²) in [5.41, 5.74) is 10.4. The van der Waals surface area contributed by atoms with Gasteiger partial charge in [0.15, 0.2) is 12.6 Å². The Morgan fingerprint density at radius 1 is 0.326 bits per heavy atom. The van der Waals surface area contributed by atoms with Gasteiger partial charge in [0.05, 0.1) is 37.6 Å². The highest BCUT2D eigenvalue weighted by molar-refractivity contribution is 5.90. The van der Waals surface area contributed by atoms with Crippen LogP contribution in [0.25, 0.3) is 33.4 Å². The summed E-state index contributed by atoms with van der Waals surface area (Å²) in [6, 6.07) is 22.6. The fourth-order valence-electron chi connectivity index (χ4n) is 13.7. The van der Waals surface area contributed by atoms with Gasteiger partial charge in [-0.3, -0.25) is 9.59 Å². The minimum Gasteiger partial charge on any atom is -0.493 e. The average molecular weight is 1220 g/mol. The number of hydrogen-bond acceptors (Lipinski definition) is 6. The van der Waals surface area contributed by atoms with Crippen molar-refractivity contribution < 1.29 is 28.5 Å². The Hall–Kier alpha value is -4.58. The molecule has 0 N–H and O–H groups in total. The first-order valence-electron chi connectivity index (χ1n) is 37.0. The SMILES string of the molecule is CCCCCCCCC1(CCCCCCCC)c2cc(-c3cc(OCCC(C)CCCC(C)C)c(C=O)cc3OCCC(C)CCCC(C)C)ccc2-c2ccc(-c3cc(OCCC(C)CCCC(C)C)c(C=O)cc3OCCC(C)CCCC(C)C)cc21. The molecular formula is C83H130O6. The molecule has 4 aromatic carbocycles. The minimum atomic E-state index is -0.257. The lowest BCUT2D eigenvalue weighted by atomic mass is 9.70. The van der Waals surface area contributed by atoms with Crippen molar-refractivity contribution in [2.45, 2.75) is 295 Å². The molecule has 0 aliphatic heterocycles. The van der Waals surface area contributed by atoms with Crippen LogP contribution in [0.4, 0.5) is 0 Å². The Morgan fingerprint density at radius 3 is 0.933 bits per heavy atom. The number of fused-ring (bicyclic) bond motifs is 3. The van der Waals surface area contributed by atoms with Crippen molar-refractivity contribution in [3.8, 4) is 56.4 Å². The van der Waals surface area contributed by atoms with Gasteiger partial charge in [0.2, 0.25) is 0 Å². The number of hydrogen-bond donors (Lipinski definition) is 0. The van der Waals surface area contributed by atoms with Crippen LogP contribution in [0.1, 0.15) is 321 Å². The molecule has 4 atom stereocenters. The molecule has 4 unspecified atom stereocenters. The van der Waals surface area contributed by atoms with E-state index in [9.17, 15) is 9.59 Å². The molecule has 0 radical (unpaired) electrons. The van der Waals surface area contributed by atoms with Gasteiger partial charge >= 0.3 is 0 Å². The van der Waals surface area contributed by atoms with Crippen LogP contribution < -0.4 is 18.9 Å². The smallest absolute Gasteiger partial charge is 0.153 e. The summed E-state index contributed by atoms with van der Waals surface area (Å²) in [6.45, 7) is 34.8. The van der Waals surface area contributed by atoms with E-state index in [4.69, 9.17) is 18.9 Å². The highest BCUT2D eigenvalue weighted by Crippen LogP contribution is 2.57. The largest absolute Gasteiger partial charge is 0.493 e. The van der Waals surface area contributed by atoms with Crippen LogP contribution in [0.15, 0.2) is 60.7 Å². The van der Waals surface area contributed by atoms with Gasteiger partial charge in [-0.15, -0.1) is 0 Å². The standard InChI is InChI=1S/C83H130O6/c1-15-17-19-21-23-25-47-83(48-26-24-22-20-18-16-2)77-53-69(75-57-79(86-49-43-65(11)35-27-31-61(3)4)71(59-84)55-81(75)88-51-45-67(13)37-29-33-63(7)8)39-41-73(77)74-42-40-70(54-78(74)83)76-58-80(87-50-44-66(12)36-28-32-62(5)6)72(60-85)56-82(76)89-52-46-68(14)38-30-34-64(9)10/h39-42,53-68H,15-38,43-52H2,1-14H3. The van der Waals surface area contributed by atoms with Crippen LogP contribution in [-0.2, 0) is 5.41 Å². The zero-order chi connectivity index (χ0) is 64.6. The number of benzene rings is 4. The van der Waals surface area contributed by atoms with Crippen LogP contribution in [0.2, 0.25) is 0 Å². The third-order valence-electron chi connectivity index (χ3n) is 19.8. The molecule has 6 nitrogen and oxygen atoms in total. The van der Waals surface area contributed by atoms with E-state index < -0.39 is 0 Å². The summed E-state index contributed by atoms with van der Waals surface area (Å²) < 4.78 is 27.2. The van der Waals surface area contributed by atoms with Gasteiger partial charge in [-0.25, -0.2) is 0 Å². The van der Waals surface area contributed by atoms with E-state index in [2.05, 4.69) is 145 Å². The van der Waals surface area contributed by atoms with Crippen molar-refractivity contribution in [3.63, 3.8) is 0 Å². The maximum Gasteiger partial charge on any atom is 0.153 e. The zero-order valence-electron chi connectivity index (χ0n) is 59.5. The Bertz CT molecular complexity index is 2440. The lowest BCUT2D eigenvalue weighted by molar-refractivity contribution is 0.111. The number of ether oxygens (including phenoxy) is 4. The second-order valence-electron chi connectivity index (χ2n) is 29.9. The van der Waals surface area contributed by atoms with Crippen LogP contribution in [-0.4, -0.2) is 39.0 Å². The average Bonchev–Trinajstić information content (AvgIpc) is 1.59. The third kappa shape index (κ3) is 25.4. The molecule has 0 heterocycles. The molecule has 1 aliphatic carbocycles. The predicted molar refractivity (Wildman–Crippen MR) is 382 cm³/mol. The second-order valence-corrected chi connectivity index (χ2v) is 29.9. The van der Waals surface area contributed by atoms with Gasteiger partial charge in [0.25, 0.3) is 0 Å². The zero-order valence-corrected chi connectivity index (χ0v) is 59.5. The van der Waals surface area contributed by atoms with E-state index in [0.717, 1.165) is 97.7 Å². The summed E-state index contributed by atoms with van der Waals surface area (Å²) >= 11 is 0. The Morgan fingerprint density at radius 2 is 0.629 bits per heavy atom. The topological polar surface area (TPSA) is 71.1 Å². The van der Waals surface area contributed by atoms with Gasteiger partial charge < -0.3 is 18.9 Å². The van der Waals surface area contributed by atoms with E-state index in [1.54, 1.807) is 0 Å². The molecule has 0 spiro atoms. The van der Waals surface area contributed by atoms with Gasteiger partial charge in [-0.05, 0) is 156 Å². The van der Waals surface area contributed by atoms with E-state index in [1.165, 1.54) is 164 Å². The summed E-state index contributed by atoms with van der Waals surface area (Å²) in [5, 5.41) is 0. The Labute approximate surface area is 546 Å². The first-order valence-corrected chi connectivity index (χ1v) is 37.0. The number of rotatable bonds is 50. The van der Waals surface area contributed by atoms with Gasteiger partial charge in [0.1, 0.15) is 23.0 Å². The monoisotopic (exact) mass is 1220 g/mol. The Kier molecular flexibility index (Phi) is 34.7. The van der Waals surface area contributed by atoms with E-state index >= 15 is 0 Å². The van der Waals surface area contributed by atoms with E-state index in [-0.39, 0.29) is 5.41 Å². The lowest BCUT2D eigenvalue weighted by Gasteiger charge is -2.33. The first-order chi connectivity index (χ1) is 42.9. The highest BCUT2D eigenvalue weighted by atomic mass is 16.5. The molecule has 0 fully saturated rings. The molecule has 0 saturated carbocycles. The molecule has 6 heteroatoms. The number of unbranched alkanes of at least 4 members (excludes halogenated alkanes) is 10. The van der Waals surface area contributed by atoms with Gasteiger partial charge in [-0.2, -0.15) is 0 Å². The molecule has 0 saturated heterocycles. The molecular weight excluding hydrogens is 1090 g/mol. The molecule has 0 amide bonds. The Balaban J connectivity index is 1.68. The molecule has 498 valence electrons. The number of aldehydes is 2. The highest BCUT2D eigenvalue weighted by Gasteiger charge is 2.43. The third-order valence-corrected chi connectivity index (χ3v) is 19.8. The van der Waals surface area contributed by atoms with Crippen LogP contribution in [0, 0.1) is 47.3 Å². The fourth-order valence-corrected chi connectivity index (χ4v) is 13.7. The van der Waals surface area contributed by atoms with Crippen molar-refractivity contribution in [2.24, 2.45) is 47.3 Å². The van der Waals surface area contributed by atoms with Gasteiger partial charge in [-0.1, -0.05) is 275 Å². The van der Waals surface area contributed by atoms with Gasteiger partial charge in [0, 0.05) is 16.5 Å². The summed E-state index contributed by atoms with van der Waals surface area (Å²) in [7, 11) is 0. The summed E-state index contributed by atoms with van der Waals surface area (Å²) in [4.78, 5) is 26.2. The van der Waals surface area contributed by atoms with Crippen molar-refractivity contribution in [3.05, 3.63) is 82.9 Å². The van der Waals surface area contributed by atoms with Crippen LogP contribution in [0.5, 0.6) is 23.0 Å². The van der Waals surface area contributed by atoms with Crippen molar-refractivity contribution in [1.82, 2.24) is 0 Å². The van der Waals surface area contributed by atoms with Crippen molar-refractivity contribution >= 4 is 12.6 Å². The van der Waals surface area contributed by atoms with Crippen molar-refractivity contribution in [2.75, 3.05) is 26.4 Å². The number of carbonyl (C=O) groups is 2. The summed E-state index contributed by atoms with van der Waals surface area (Å²) in [6.07, 6.45) is 37.2. The summed E-state index contributed by atoms with van der Waals surface area (Å²) in [5.74, 6) is 7.75. The molecule has 0 aromatic heterocycles. The minimum absolute atomic E-state index is 0.257. The molecule has 1 aliphatic rings. The van der Waals surface area contributed by atoms with Crippen molar-refractivity contribution in [1.29, 1.82) is 0 Å². The first kappa shape index (κ1) is 75.1. The second kappa shape index (κ2) is 41.1. The molecule has 89 heavy (non-hydrogen) atoms. The molecule has 0 bridgehead atoms. The van der Waals surface area contributed by atoms with Crippen LogP contribution >= 0.6 is 0 Å².